The minimum absolute atomic E-state index is 0.0651. The molecule has 2 atom stereocenters. The van der Waals surface area contributed by atoms with Crippen LogP contribution in [0.1, 0.15) is 32.6 Å². The van der Waals surface area contributed by atoms with E-state index in [2.05, 4.69) is 24.8 Å². The summed E-state index contributed by atoms with van der Waals surface area (Å²) in [6, 6.07) is 0. The van der Waals surface area contributed by atoms with Crippen LogP contribution >= 0.6 is 0 Å². The van der Waals surface area contributed by atoms with Gasteiger partial charge in [-0.3, -0.25) is 0 Å². The zero-order chi connectivity index (χ0) is 11.5. The van der Waals surface area contributed by atoms with Gasteiger partial charge in [-0.2, -0.15) is 0 Å². The van der Waals surface area contributed by atoms with Crippen molar-refractivity contribution in [3.8, 4) is 0 Å². The van der Waals surface area contributed by atoms with Crippen LogP contribution in [-0.4, -0.2) is 12.1 Å². The fourth-order valence-electron chi connectivity index (χ4n) is 2.47. The lowest BCUT2D eigenvalue weighted by Gasteiger charge is -2.21. The van der Waals surface area contributed by atoms with E-state index >= 15 is 0 Å². The lowest BCUT2D eigenvalue weighted by molar-refractivity contribution is -0.145. The van der Waals surface area contributed by atoms with E-state index in [-0.39, 0.29) is 12.1 Å². The molecule has 0 aromatic carbocycles. The molecule has 0 N–H and O–H groups in total. The minimum atomic E-state index is -0.247. The first-order valence-electron chi connectivity index (χ1n) is 5.90. The second-order valence-electron chi connectivity index (χ2n) is 4.64. The van der Waals surface area contributed by atoms with Gasteiger partial charge < -0.3 is 4.74 Å². The van der Waals surface area contributed by atoms with Gasteiger partial charge in [0.05, 0.1) is 0 Å². The molecule has 2 rings (SSSR count). The summed E-state index contributed by atoms with van der Waals surface area (Å²) in [4.78, 5) is 11.5. The number of rotatable bonds is 3. The SMILES string of the molecule is C=C(C)C(=O)OC1CCCC1C1=CC=CC1. The minimum Gasteiger partial charge on any atom is -0.458 e. The van der Waals surface area contributed by atoms with Gasteiger partial charge in [0.25, 0.3) is 0 Å². The molecule has 0 spiro atoms. The summed E-state index contributed by atoms with van der Waals surface area (Å²) in [7, 11) is 0. The van der Waals surface area contributed by atoms with Gasteiger partial charge in [0.15, 0.2) is 0 Å². The Bertz CT molecular complexity index is 363. The molecule has 0 aromatic heterocycles. The van der Waals surface area contributed by atoms with Crippen molar-refractivity contribution in [2.24, 2.45) is 5.92 Å². The number of hydrogen-bond donors (Lipinski definition) is 0. The van der Waals surface area contributed by atoms with Gasteiger partial charge in [0.1, 0.15) is 6.10 Å². The van der Waals surface area contributed by atoms with Gasteiger partial charge >= 0.3 is 5.97 Å². The third-order valence-electron chi connectivity index (χ3n) is 3.34. The summed E-state index contributed by atoms with van der Waals surface area (Å²) < 4.78 is 5.49. The van der Waals surface area contributed by atoms with E-state index in [0.29, 0.717) is 11.5 Å². The van der Waals surface area contributed by atoms with Crippen LogP contribution in [0.3, 0.4) is 0 Å². The first kappa shape index (κ1) is 11.2. The van der Waals surface area contributed by atoms with Crippen molar-refractivity contribution in [2.45, 2.75) is 38.7 Å². The van der Waals surface area contributed by atoms with E-state index < -0.39 is 0 Å². The lowest BCUT2D eigenvalue weighted by Crippen LogP contribution is -2.23. The van der Waals surface area contributed by atoms with Crippen molar-refractivity contribution in [3.63, 3.8) is 0 Å². The topological polar surface area (TPSA) is 26.3 Å². The number of ether oxygens (including phenoxy) is 1. The molecule has 1 saturated carbocycles. The highest BCUT2D eigenvalue weighted by Gasteiger charge is 2.32. The van der Waals surface area contributed by atoms with E-state index in [4.69, 9.17) is 4.74 Å². The van der Waals surface area contributed by atoms with Gasteiger partial charge in [-0.15, -0.1) is 0 Å². The predicted octanol–water partition coefficient (Wildman–Crippen LogP) is 3.16. The molecule has 86 valence electrons. The smallest absolute Gasteiger partial charge is 0.333 e. The first-order chi connectivity index (χ1) is 7.68. The Balaban J connectivity index is 1.98. The van der Waals surface area contributed by atoms with Crippen molar-refractivity contribution in [2.75, 3.05) is 0 Å². The van der Waals surface area contributed by atoms with E-state index in [1.54, 1.807) is 6.92 Å². The van der Waals surface area contributed by atoms with Crippen molar-refractivity contribution in [3.05, 3.63) is 36.0 Å². The second-order valence-corrected chi connectivity index (χ2v) is 4.64. The van der Waals surface area contributed by atoms with Crippen LogP contribution in [0.5, 0.6) is 0 Å². The van der Waals surface area contributed by atoms with Crippen LogP contribution in [0.25, 0.3) is 0 Å². The molecule has 1 fully saturated rings. The molecular weight excluding hydrogens is 200 g/mol. The van der Waals surface area contributed by atoms with Crippen LogP contribution in [0.15, 0.2) is 36.0 Å². The largest absolute Gasteiger partial charge is 0.458 e. The molecule has 16 heavy (non-hydrogen) atoms. The highest BCUT2D eigenvalue weighted by atomic mass is 16.5. The maximum atomic E-state index is 11.5. The Kier molecular flexibility index (Phi) is 3.28. The summed E-state index contributed by atoms with van der Waals surface area (Å²) in [5.41, 5.74) is 1.90. The third-order valence-corrected chi connectivity index (χ3v) is 3.34. The monoisotopic (exact) mass is 218 g/mol. The Labute approximate surface area is 96.7 Å². The molecule has 0 heterocycles. The number of esters is 1. The van der Waals surface area contributed by atoms with Crippen LogP contribution in [0.2, 0.25) is 0 Å². The van der Waals surface area contributed by atoms with Crippen molar-refractivity contribution in [1.29, 1.82) is 0 Å². The zero-order valence-corrected chi connectivity index (χ0v) is 9.74. The van der Waals surface area contributed by atoms with Crippen molar-refractivity contribution < 1.29 is 9.53 Å². The first-order valence-corrected chi connectivity index (χ1v) is 5.90. The highest BCUT2D eigenvalue weighted by Crippen LogP contribution is 2.37. The van der Waals surface area contributed by atoms with Gasteiger partial charge in [-0.1, -0.05) is 30.4 Å². The Morgan fingerprint density at radius 1 is 1.50 bits per heavy atom. The van der Waals surface area contributed by atoms with E-state index in [0.717, 1.165) is 25.7 Å². The summed E-state index contributed by atoms with van der Waals surface area (Å²) in [6.07, 6.45) is 10.8. The molecule has 0 aliphatic heterocycles. The zero-order valence-electron chi connectivity index (χ0n) is 9.74. The normalized spacial score (nSPS) is 27.9. The lowest BCUT2D eigenvalue weighted by atomic mass is 9.94. The standard InChI is InChI=1S/C14H18O2/c1-10(2)14(15)16-13-9-5-8-12(13)11-6-3-4-7-11/h3-4,6,12-13H,1,5,7-9H2,2H3. The summed E-state index contributed by atoms with van der Waals surface area (Å²) in [6.45, 7) is 5.32. The fraction of sp³-hybridized carbons (Fsp3) is 0.500. The van der Waals surface area contributed by atoms with E-state index in [1.165, 1.54) is 5.57 Å². The molecule has 0 bridgehead atoms. The fourth-order valence-corrected chi connectivity index (χ4v) is 2.47. The molecule has 2 aliphatic rings. The maximum Gasteiger partial charge on any atom is 0.333 e. The molecular formula is C14H18O2. The Hall–Kier alpha value is -1.31. The van der Waals surface area contributed by atoms with Gasteiger partial charge in [0, 0.05) is 11.5 Å². The summed E-state index contributed by atoms with van der Waals surface area (Å²) in [5.74, 6) is 0.182. The molecule has 0 radical (unpaired) electrons. The summed E-state index contributed by atoms with van der Waals surface area (Å²) >= 11 is 0. The molecule has 2 heteroatoms. The predicted molar refractivity (Wildman–Crippen MR) is 63.9 cm³/mol. The van der Waals surface area contributed by atoms with Gasteiger partial charge in [-0.05, 0) is 32.6 Å². The van der Waals surface area contributed by atoms with Crippen LogP contribution < -0.4 is 0 Å². The van der Waals surface area contributed by atoms with E-state index in [9.17, 15) is 4.79 Å². The number of hydrogen-bond acceptors (Lipinski definition) is 2. The molecule has 2 unspecified atom stereocenters. The number of allylic oxidation sites excluding steroid dienone is 3. The number of carbonyl (C=O) groups is 1. The average molecular weight is 218 g/mol. The van der Waals surface area contributed by atoms with Crippen LogP contribution in [-0.2, 0) is 9.53 Å². The quantitative estimate of drug-likeness (QED) is 0.537. The van der Waals surface area contributed by atoms with Crippen molar-refractivity contribution >= 4 is 5.97 Å². The Morgan fingerprint density at radius 3 is 2.94 bits per heavy atom. The van der Waals surface area contributed by atoms with Crippen LogP contribution in [0.4, 0.5) is 0 Å². The Morgan fingerprint density at radius 2 is 2.31 bits per heavy atom. The molecule has 0 saturated heterocycles. The van der Waals surface area contributed by atoms with Gasteiger partial charge in [-0.25, -0.2) is 4.79 Å². The molecule has 2 nitrogen and oxygen atoms in total. The highest BCUT2D eigenvalue weighted by molar-refractivity contribution is 5.87. The van der Waals surface area contributed by atoms with E-state index in [1.807, 2.05) is 0 Å². The molecule has 0 aromatic rings. The average Bonchev–Trinajstić information content (AvgIpc) is 2.85. The molecule has 0 amide bonds. The van der Waals surface area contributed by atoms with Crippen molar-refractivity contribution in [1.82, 2.24) is 0 Å². The number of carbonyl (C=O) groups excluding carboxylic acids is 1. The van der Waals surface area contributed by atoms with Crippen LogP contribution in [0, 0.1) is 5.92 Å². The maximum absolute atomic E-state index is 11.5. The molecule has 2 aliphatic carbocycles. The summed E-state index contributed by atoms with van der Waals surface area (Å²) in [5, 5.41) is 0. The van der Waals surface area contributed by atoms with Gasteiger partial charge in [0.2, 0.25) is 0 Å². The third kappa shape index (κ3) is 2.26. The second kappa shape index (κ2) is 4.69.